The van der Waals surface area contributed by atoms with E-state index in [1.165, 1.54) is 18.2 Å². The maximum absolute atomic E-state index is 12.6. The first kappa shape index (κ1) is 20.3. The highest BCUT2D eigenvalue weighted by Crippen LogP contribution is 2.30. The number of nitrogens with zero attached hydrogens (tertiary/aromatic N) is 3. The van der Waals surface area contributed by atoms with Crippen molar-refractivity contribution >= 4 is 22.6 Å². The van der Waals surface area contributed by atoms with Crippen molar-refractivity contribution in [3.05, 3.63) is 71.9 Å². The summed E-state index contributed by atoms with van der Waals surface area (Å²) in [4.78, 5) is 19.7. The van der Waals surface area contributed by atoms with E-state index in [0.29, 0.717) is 16.8 Å². The third kappa shape index (κ3) is 4.47. The molecule has 2 aromatic carbocycles. The number of nitrogens with one attached hydrogen (secondary N) is 1. The van der Waals surface area contributed by atoms with E-state index in [9.17, 15) is 18.0 Å². The summed E-state index contributed by atoms with van der Waals surface area (Å²) in [7, 11) is 0. The number of aromatic nitrogens is 3. The van der Waals surface area contributed by atoms with Crippen LogP contribution >= 0.6 is 0 Å². The predicted molar refractivity (Wildman–Crippen MR) is 105 cm³/mol. The first-order chi connectivity index (χ1) is 14.8. The monoisotopic (exact) mass is 428 g/mol. The minimum Gasteiger partial charge on any atom is -0.444 e. The number of ether oxygens (including phenoxy) is 1. The maximum atomic E-state index is 12.6. The average Bonchev–Trinajstić information content (AvgIpc) is 3.24. The molecule has 0 saturated heterocycles. The molecule has 1 amide bonds. The number of hydrogen-bond acceptors (Lipinski definition) is 6. The first-order valence-electron chi connectivity index (χ1n) is 9.08. The Hall–Kier alpha value is -3.95. The van der Waals surface area contributed by atoms with Gasteiger partial charge >= 0.3 is 18.2 Å². The van der Waals surface area contributed by atoms with Crippen LogP contribution in [0.3, 0.4) is 0 Å². The lowest BCUT2D eigenvalue weighted by Gasteiger charge is -2.11. The maximum Gasteiger partial charge on any atom is 0.471 e. The van der Waals surface area contributed by atoms with E-state index in [1.807, 2.05) is 24.3 Å². The average molecular weight is 428 g/mol. The van der Waals surface area contributed by atoms with E-state index in [1.54, 1.807) is 19.3 Å². The van der Waals surface area contributed by atoms with Crippen LogP contribution in [0.15, 0.2) is 59.4 Å². The van der Waals surface area contributed by atoms with Crippen LogP contribution in [0.2, 0.25) is 0 Å². The fraction of sp³-hybridized carbons (Fsp3) is 0.143. The second kappa shape index (κ2) is 8.05. The number of pyridine rings is 1. The van der Waals surface area contributed by atoms with Crippen LogP contribution in [-0.4, -0.2) is 21.2 Å². The Balaban J connectivity index is 1.43. The van der Waals surface area contributed by atoms with Gasteiger partial charge in [-0.3, -0.25) is 10.3 Å². The number of rotatable bonds is 4. The molecular weight excluding hydrogens is 413 g/mol. The van der Waals surface area contributed by atoms with Crippen molar-refractivity contribution in [3.63, 3.8) is 0 Å². The van der Waals surface area contributed by atoms with Gasteiger partial charge in [-0.25, -0.2) is 4.79 Å². The highest BCUT2D eigenvalue weighted by Gasteiger charge is 2.38. The number of alkyl halides is 3. The number of amides is 1. The molecule has 4 aromatic rings. The van der Waals surface area contributed by atoms with Crippen molar-refractivity contribution in [2.45, 2.75) is 19.7 Å². The molecule has 0 aliphatic rings. The quantitative estimate of drug-likeness (QED) is 0.471. The van der Waals surface area contributed by atoms with Crippen LogP contribution < -0.4 is 5.32 Å². The van der Waals surface area contributed by atoms with E-state index in [4.69, 9.17) is 4.74 Å². The zero-order valence-corrected chi connectivity index (χ0v) is 16.1. The number of anilines is 1. The molecule has 2 aromatic heterocycles. The van der Waals surface area contributed by atoms with Gasteiger partial charge in [-0.2, -0.15) is 18.2 Å². The Kier molecular flexibility index (Phi) is 5.28. The molecule has 0 saturated carbocycles. The molecule has 0 aliphatic heterocycles. The minimum absolute atomic E-state index is 0.0282. The summed E-state index contributed by atoms with van der Waals surface area (Å²) < 4.78 is 47.4. The molecule has 1 N–H and O–H groups in total. The Labute approximate surface area is 173 Å². The number of halogens is 3. The fourth-order valence-corrected chi connectivity index (χ4v) is 2.98. The zero-order valence-electron chi connectivity index (χ0n) is 16.1. The molecule has 0 bridgehead atoms. The second-order valence-electron chi connectivity index (χ2n) is 6.67. The van der Waals surface area contributed by atoms with Gasteiger partial charge in [0.2, 0.25) is 5.82 Å². The molecule has 0 fully saturated rings. The van der Waals surface area contributed by atoms with E-state index in [0.717, 1.165) is 16.3 Å². The van der Waals surface area contributed by atoms with Crippen LogP contribution in [0, 0.1) is 6.92 Å². The molecule has 0 spiro atoms. The fourth-order valence-electron chi connectivity index (χ4n) is 2.98. The molecule has 2 heterocycles. The molecule has 0 radical (unpaired) electrons. The molecular formula is C21H15F3N4O3. The third-order valence-electron chi connectivity index (χ3n) is 4.50. The Bertz CT molecular complexity index is 1250. The van der Waals surface area contributed by atoms with E-state index in [-0.39, 0.29) is 12.4 Å². The lowest BCUT2D eigenvalue weighted by Crippen LogP contribution is -2.14. The molecule has 7 nitrogen and oxygen atoms in total. The highest BCUT2D eigenvalue weighted by molar-refractivity contribution is 5.87. The van der Waals surface area contributed by atoms with Crippen LogP contribution in [0.25, 0.3) is 22.2 Å². The summed E-state index contributed by atoms with van der Waals surface area (Å²) in [5.41, 5.74) is 2.10. The van der Waals surface area contributed by atoms with Gasteiger partial charge in [-0.05, 0) is 36.1 Å². The number of fused-ring (bicyclic) bond motifs is 1. The standard InChI is InChI=1S/C21H15F3N4O3/c1-12-8-13(18-27-19(31-28-18)21(22,23)24)6-7-17(12)26-20(29)30-11-15-10-25-9-14-4-2-3-5-16(14)15/h2-10H,11H2,1H3,(H,26,29). The summed E-state index contributed by atoms with van der Waals surface area (Å²) in [5.74, 6) is -1.62. The van der Waals surface area contributed by atoms with Crippen molar-refractivity contribution in [3.8, 4) is 11.4 Å². The summed E-state index contributed by atoms with van der Waals surface area (Å²) in [6.45, 7) is 1.71. The van der Waals surface area contributed by atoms with Crippen molar-refractivity contribution in [2.24, 2.45) is 0 Å². The van der Waals surface area contributed by atoms with Crippen LogP contribution in [0.4, 0.5) is 23.7 Å². The summed E-state index contributed by atoms with van der Waals surface area (Å²) in [5, 5.41) is 7.83. The van der Waals surface area contributed by atoms with Gasteiger partial charge in [-0.15, -0.1) is 0 Å². The van der Waals surface area contributed by atoms with Gasteiger partial charge < -0.3 is 9.26 Å². The predicted octanol–water partition coefficient (Wildman–Crippen LogP) is 5.36. The van der Waals surface area contributed by atoms with E-state index in [2.05, 4.69) is 25.0 Å². The second-order valence-corrected chi connectivity index (χ2v) is 6.67. The van der Waals surface area contributed by atoms with Crippen molar-refractivity contribution < 1.29 is 27.2 Å². The summed E-state index contributed by atoms with van der Waals surface area (Å²) >= 11 is 0. The summed E-state index contributed by atoms with van der Waals surface area (Å²) in [6.07, 6.45) is -2.03. The Morgan fingerprint density at radius 1 is 1.16 bits per heavy atom. The highest BCUT2D eigenvalue weighted by atomic mass is 19.4. The largest absolute Gasteiger partial charge is 0.471 e. The molecule has 0 atom stereocenters. The van der Waals surface area contributed by atoms with Crippen LogP contribution in [0.1, 0.15) is 17.0 Å². The van der Waals surface area contributed by atoms with Gasteiger partial charge in [0, 0.05) is 34.6 Å². The lowest BCUT2D eigenvalue weighted by molar-refractivity contribution is -0.159. The number of carbonyl (C=O) groups excluding carboxylic acids is 1. The lowest BCUT2D eigenvalue weighted by atomic mass is 10.1. The minimum atomic E-state index is -4.72. The number of hydrogen-bond donors (Lipinski definition) is 1. The van der Waals surface area contributed by atoms with Gasteiger partial charge in [0.25, 0.3) is 0 Å². The SMILES string of the molecule is Cc1cc(-c2noc(C(F)(F)F)n2)ccc1NC(=O)OCc1cncc2ccccc12. The van der Waals surface area contributed by atoms with Gasteiger partial charge in [0.05, 0.1) is 0 Å². The summed E-state index contributed by atoms with van der Waals surface area (Å²) in [6, 6.07) is 12.1. The Morgan fingerprint density at radius 3 is 2.71 bits per heavy atom. The topological polar surface area (TPSA) is 90.1 Å². The molecule has 158 valence electrons. The molecule has 4 rings (SSSR count). The van der Waals surface area contributed by atoms with Gasteiger partial charge in [-0.1, -0.05) is 29.4 Å². The van der Waals surface area contributed by atoms with Gasteiger partial charge in [0.1, 0.15) is 6.61 Å². The van der Waals surface area contributed by atoms with Crippen LogP contribution in [-0.2, 0) is 17.5 Å². The molecule has 0 unspecified atom stereocenters. The normalized spacial score (nSPS) is 11.5. The molecule has 31 heavy (non-hydrogen) atoms. The van der Waals surface area contributed by atoms with Crippen molar-refractivity contribution in [1.29, 1.82) is 0 Å². The van der Waals surface area contributed by atoms with Crippen LogP contribution in [0.5, 0.6) is 0 Å². The van der Waals surface area contributed by atoms with Gasteiger partial charge in [0.15, 0.2) is 0 Å². The zero-order chi connectivity index (χ0) is 22.0. The molecule has 0 aliphatic carbocycles. The van der Waals surface area contributed by atoms with Crippen molar-refractivity contribution in [1.82, 2.24) is 15.1 Å². The smallest absolute Gasteiger partial charge is 0.444 e. The Morgan fingerprint density at radius 2 is 1.97 bits per heavy atom. The molecule has 10 heteroatoms. The number of benzene rings is 2. The third-order valence-corrected chi connectivity index (χ3v) is 4.50. The van der Waals surface area contributed by atoms with E-state index < -0.39 is 18.2 Å². The van der Waals surface area contributed by atoms with E-state index >= 15 is 0 Å². The number of aryl methyl sites for hydroxylation is 1. The number of carbonyl (C=O) groups is 1. The first-order valence-corrected chi connectivity index (χ1v) is 9.08. The van der Waals surface area contributed by atoms with Crippen molar-refractivity contribution in [2.75, 3.05) is 5.32 Å².